The zero-order valence-electron chi connectivity index (χ0n) is 19.4. The lowest BCUT2D eigenvalue weighted by molar-refractivity contribution is 0.115. The standard InChI is InChI=1S/C25H24F2N6O/c1-14-13-33(15(2)12-32(14)16(3)22-18(26)7-6-8-19(22)27)24-17(11-28)25(34)31(5)20-9-10-21(29-4)30-23(20)24/h6-10,14-16H,12-13H2,1-3,5H3/t14-,15?,16?/m1/s1. The van der Waals surface area contributed by atoms with E-state index in [1.807, 2.05) is 29.7 Å². The topological polar surface area (TPSA) is 69.5 Å². The van der Waals surface area contributed by atoms with Gasteiger partial charge in [-0.05, 0) is 45.0 Å². The smallest absolute Gasteiger partial charge is 0.271 e. The molecular formula is C25H24F2N6O. The molecule has 0 saturated carbocycles. The van der Waals surface area contributed by atoms with Crippen LogP contribution in [-0.4, -0.2) is 39.6 Å². The van der Waals surface area contributed by atoms with E-state index in [4.69, 9.17) is 6.57 Å². The Hall–Kier alpha value is -3.82. The number of anilines is 1. The number of rotatable bonds is 3. The maximum Gasteiger partial charge on any atom is 0.271 e. The van der Waals surface area contributed by atoms with E-state index < -0.39 is 23.2 Å². The first-order valence-electron chi connectivity index (χ1n) is 11.0. The highest BCUT2D eigenvalue weighted by molar-refractivity contribution is 5.93. The lowest BCUT2D eigenvalue weighted by atomic mass is 9.98. The predicted molar refractivity (Wildman–Crippen MR) is 126 cm³/mol. The van der Waals surface area contributed by atoms with Gasteiger partial charge in [-0.3, -0.25) is 9.69 Å². The number of benzene rings is 1. The Morgan fingerprint density at radius 1 is 1.18 bits per heavy atom. The van der Waals surface area contributed by atoms with Gasteiger partial charge in [0.05, 0.1) is 5.52 Å². The van der Waals surface area contributed by atoms with Crippen LogP contribution in [0.1, 0.15) is 37.9 Å². The fraction of sp³-hybridized carbons (Fsp3) is 0.360. The highest BCUT2D eigenvalue weighted by atomic mass is 19.1. The second-order valence-electron chi connectivity index (χ2n) is 8.71. The number of hydrogen-bond donors (Lipinski definition) is 0. The molecule has 1 aromatic carbocycles. The molecule has 7 nitrogen and oxygen atoms in total. The minimum Gasteiger partial charge on any atom is -0.361 e. The summed E-state index contributed by atoms with van der Waals surface area (Å²) in [6, 6.07) is 8.23. The summed E-state index contributed by atoms with van der Waals surface area (Å²) < 4.78 is 30.3. The molecular weight excluding hydrogens is 438 g/mol. The number of piperazine rings is 1. The van der Waals surface area contributed by atoms with E-state index in [1.165, 1.54) is 22.8 Å². The van der Waals surface area contributed by atoms with Crippen molar-refractivity contribution in [2.75, 3.05) is 18.0 Å². The quantitative estimate of drug-likeness (QED) is 0.543. The van der Waals surface area contributed by atoms with E-state index in [0.717, 1.165) is 0 Å². The molecule has 0 spiro atoms. The normalized spacial score (nSPS) is 19.6. The zero-order chi connectivity index (χ0) is 24.7. The first kappa shape index (κ1) is 23.3. The zero-order valence-corrected chi connectivity index (χ0v) is 19.4. The van der Waals surface area contributed by atoms with Gasteiger partial charge in [-0.2, -0.15) is 5.26 Å². The molecule has 34 heavy (non-hydrogen) atoms. The maximum atomic E-state index is 14.5. The molecule has 2 unspecified atom stereocenters. The van der Waals surface area contributed by atoms with Crippen LogP contribution in [0, 0.1) is 29.5 Å². The average molecular weight is 463 g/mol. The molecule has 1 aliphatic heterocycles. The summed E-state index contributed by atoms with van der Waals surface area (Å²) in [5.74, 6) is -1.01. The van der Waals surface area contributed by atoms with Gasteiger partial charge in [-0.15, -0.1) is 4.98 Å². The van der Waals surface area contributed by atoms with Crippen molar-refractivity contribution in [3.8, 4) is 6.07 Å². The van der Waals surface area contributed by atoms with Crippen molar-refractivity contribution in [1.82, 2.24) is 14.5 Å². The van der Waals surface area contributed by atoms with Crippen LogP contribution in [0.15, 0.2) is 35.1 Å². The molecule has 0 aliphatic carbocycles. The molecule has 1 fully saturated rings. The van der Waals surface area contributed by atoms with E-state index >= 15 is 0 Å². The molecule has 0 N–H and O–H groups in total. The van der Waals surface area contributed by atoms with E-state index in [-0.39, 0.29) is 29.0 Å². The third kappa shape index (κ3) is 3.68. The number of pyridine rings is 2. The van der Waals surface area contributed by atoms with Gasteiger partial charge in [0, 0.05) is 43.8 Å². The first-order chi connectivity index (χ1) is 16.2. The van der Waals surface area contributed by atoms with Gasteiger partial charge >= 0.3 is 0 Å². The first-order valence-corrected chi connectivity index (χ1v) is 11.0. The molecule has 0 bridgehead atoms. The molecule has 4 rings (SSSR count). The Morgan fingerprint density at radius 2 is 1.85 bits per heavy atom. The molecule has 0 radical (unpaired) electrons. The van der Waals surface area contributed by atoms with Crippen molar-refractivity contribution in [2.24, 2.45) is 7.05 Å². The summed E-state index contributed by atoms with van der Waals surface area (Å²) in [7, 11) is 1.57. The van der Waals surface area contributed by atoms with Crippen LogP contribution in [0.5, 0.6) is 0 Å². The molecule has 3 heterocycles. The molecule has 3 atom stereocenters. The number of nitrogens with zero attached hydrogens (tertiary/aromatic N) is 6. The SMILES string of the molecule is [C-]#[N+]c1ccc2c(n1)c(N1C[C@@H](C)N(C(C)c3c(F)cccc3F)CC1C)c(C#N)c(=O)n2C. The largest absolute Gasteiger partial charge is 0.361 e. The Bertz CT molecular complexity index is 1400. The summed E-state index contributed by atoms with van der Waals surface area (Å²) in [6.07, 6.45) is 0. The van der Waals surface area contributed by atoms with E-state index in [2.05, 4.69) is 9.83 Å². The Balaban J connectivity index is 1.80. The van der Waals surface area contributed by atoms with Gasteiger partial charge in [0.25, 0.3) is 11.4 Å². The molecule has 174 valence electrons. The number of halogens is 2. The van der Waals surface area contributed by atoms with Gasteiger partial charge in [0.1, 0.15) is 29.0 Å². The summed E-state index contributed by atoms with van der Waals surface area (Å²) in [5, 5.41) is 9.87. The minimum atomic E-state index is -0.588. The van der Waals surface area contributed by atoms with Crippen molar-refractivity contribution in [2.45, 2.75) is 38.9 Å². The summed E-state index contributed by atoms with van der Waals surface area (Å²) >= 11 is 0. The van der Waals surface area contributed by atoms with Gasteiger partial charge in [0.15, 0.2) is 0 Å². The van der Waals surface area contributed by atoms with Gasteiger partial charge < -0.3 is 14.3 Å². The van der Waals surface area contributed by atoms with E-state index in [1.54, 1.807) is 26.1 Å². The van der Waals surface area contributed by atoms with Gasteiger partial charge in [-0.25, -0.2) is 8.78 Å². The van der Waals surface area contributed by atoms with Crippen LogP contribution >= 0.6 is 0 Å². The van der Waals surface area contributed by atoms with Crippen molar-refractivity contribution in [1.29, 1.82) is 5.26 Å². The van der Waals surface area contributed by atoms with Crippen molar-refractivity contribution < 1.29 is 8.78 Å². The van der Waals surface area contributed by atoms with Crippen molar-refractivity contribution >= 4 is 22.5 Å². The highest BCUT2D eigenvalue weighted by Crippen LogP contribution is 2.35. The lowest BCUT2D eigenvalue weighted by Gasteiger charge is -2.47. The molecule has 0 amide bonds. The summed E-state index contributed by atoms with van der Waals surface area (Å²) in [4.78, 5) is 24.8. The third-order valence-corrected chi connectivity index (χ3v) is 6.66. The Labute approximate surface area is 196 Å². The van der Waals surface area contributed by atoms with Crippen LogP contribution < -0.4 is 10.5 Å². The highest BCUT2D eigenvalue weighted by Gasteiger charge is 2.37. The summed E-state index contributed by atoms with van der Waals surface area (Å²) in [5.41, 5.74) is 0.880. The van der Waals surface area contributed by atoms with Crippen LogP contribution in [0.3, 0.4) is 0 Å². The van der Waals surface area contributed by atoms with Crippen molar-refractivity contribution in [3.05, 3.63) is 74.9 Å². The van der Waals surface area contributed by atoms with Crippen LogP contribution in [0.25, 0.3) is 15.9 Å². The number of fused-ring (bicyclic) bond motifs is 1. The molecule has 3 aromatic rings. The predicted octanol–water partition coefficient (Wildman–Crippen LogP) is 4.29. The minimum absolute atomic E-state index is 0.0232. The lowest BCUT2D eigenvalue weighted by Crippen LogP contribution is -2.57. The van der Waals surface area contributed by atoms with Gasteiger partial charge in [0.2, 0.25) is 5.52 Å². The second-order valence-corrected chi connectivity index (χ2v) is 8.71. The fourth-order valence-corrected chi connectivity index (χ4v) is 4.91. The monoisotopic (exact) mass is 462 g/mol. The van der Waals surface area contributed by atoms with E-state index in [9.17, 15) is 18.8 Å². The average Bonchev–Trinajstić information content (AvgIpc) is 2.82. The third-order valence-electron chi connectivity index (χ3n) is 6.66. The van der Waals surface area contributed by atoms with Crippen LogP contribution in [-0.2, 0) is 7.05 Å². The Morgan fingerprint density at radius 3 is 2.47 bits per heavy atom. The Kier molecular flexibility index (Phi) is 6.07. The molecule has 1 aliphatic rings. The summed E-state index contributed by atoms with van der Waals surface area (Å²) in [6.45, 7) is 13.8. The maximum absolute atomic E-state index is 14.5. The fourth-order valence-electron chi connectivity index (χ4n) is 4.91. The molecule has 1 saturated heterocycles. The number of aryl methyl sites for hydroxylation is 1. The molecule has 9 heteroatoms. The van der Waals surface area contributed by atoms with Crippen LogP contribution in [0.4, 0.5) is 20.3 Å². The number of aromatic nitrogens is 2. The van der Waals surface area contributed by atoms with Crippen molar-refractivity contribution in [3.63, 3.8) is 0 Å². The number of hydrogen-bond acceptors (Lipinski definition) is 5. The number of nitriles is 1. The second kappa shape index (κ2) is 8.85. The van der Waals surface area contributed by atoms with Crippen LogP contribution in [0.2, 0.25) is 0 Å². The van der Waals surface area contributed by atoms with Gasteiger partial charge in [-0.1, -0.05) is 12.6 Å². The molecule has 2 aromatic heterocycles. The van der Waals surface area contributed by atoms with E-state index in [0.29, 0.717) is 29.8 Å².